The molecular formula is C4H6ClNO2S. The highest BCUT2D eigenvalue weighted by molar-refractivity contribution is 7.93. The van der Waals surface area contributed by atoms with E-state index in [1.54, 1.807) is 0 Å². The van der Waals surface area contributed by atoms with Crippen LogP contribution in [-0.4, -0.2) is 18.9 Å². The summed E-state index contributed by atoms with van der Waals surface area (Å²) in [5.74, 6) is 0. The van der Waals surface area contributed by atoms with Crippen LogP contribution < -0.4 is 0 Å². The number of halogens is 1. The van der Waals surface area contributed by atoms with Crippen molar-refractivity contribution in [2.45, 2.75) is 11.1 Å². The normalized spacial score (nSPS) is 18.0. The fraction of sp³-hybridized carbons (Fsp3) is 0.750. The summed E-state index contributed by atoms with van der Waals surface area (Å²) < 4.78 is 19.3. The fourth-order valence-electron chi connectivity index (χ4n) is 0.0829. The van der Waals surface area contributed by atoms with E-state index in [1.165, 1.54) is 6.07 Å². The molecule has 0 spiro atoms. The molecule has 0 bridgehead atoms. The zero-order valence-corrected chi connectivity index (χ0v) is 6.62. The SMILES string of the molecule is CC(Cl)(C#N)S(C)(=O)=O. The summed E-state index contributed by atoms with van der Waals surface area (Å²) in [5, 5.41) is 8.17. The van der Waals surface area contributed by atoms with Gasteiger partial charge in [-0.2, -0.15) is 5.26 Å². The molecule has 0 heterocycles. The summed E-state index contributed by atoms with van der Waals surface area (Å²) in [6.07, 6.45) is 0.920. The molecule has 0 rings (SSSR count). The van der Waals surface area contributed by atoms with E-state index in [9.17, 15) is 8.42 Å². The average molecular weight is 168 g/mol. The minimum Gasteiger partial charge on any atom is -0.226 e. The van der Waals surface area contributed by atoms with Crippen molar-refractivity contribution in [2.24, 2.45) is 0 Å². The summed E-state index contributed by atoms with van der Waals surface area (Å²) in [7, 11) is -3.45. The first kappa shape index (κ1) is 8.73. The maximum Gasteiger partial charge on any atom is 0.227 e. The lowest BCUT2D eigenvalue weighted by Crippen LogP contribution is -2.25. The molecule has 0 amide bonds. The molecule has 0 aromatic heterocycles. The van der Waals surface area contributed by atoms with Gasteiger partial charge in [-0.15, -0.1) is 0 Å². The van der Waals surface area contributed by atoms with E-state index in [0.29, 0.717) is 0 Å². The first-order valence-corrected chi connectivity index (χ1v) is 4.38. The maximum atomic E-state index is 10.5. The van der Waals surface area contributed by atoms with Crippen LogP contribution in [0, 0.1) is 11.3 Å². The Labute approximate surface area is 59.2 Å². The third-order valence-corrected chi connectivity index (χ3v) is 3.31. The molecule has 0 N–H and O–H groups in total. The summed E-state index contributed by atoms with van der Waals surface area (Å²) >= 11 is 5.25. The number of nitriles is 1. The van der Waals surface area contributed by atoms with Crippen molar-refractivity contribution in [3.63, 3.8) is 0 Å². The van der Waals surface area contributed by atoms with Gasteiger partial charge in [-0.1, -0.05) is 11.6 Å². The van der Waals surface area contributed by atoms with E-state index in [1.807, 2.05) is 0 Å². The predicted molar refractivity (Wildman–Crippen MR) is 34.7 cm³/mol. The largest absolute Gasteiger partial charge is 0.227 e. The Bertz CT molecular complexity index is 236. The topological polar surface area (TPSA) is 57.9 Å². The van der Waals surface area contributed by atoms with Gasteiger partial charge in [0.15, 0.2) is 9.84 Å². The van der Waals surface area contributed by atoms with Gasteiger partial charge in [0.2, 0.25) is 4.21 Å². The second kappa shape index (κ2) is 2.16. The van der Waals surface area contributed by atoms with Crippen LogP contribution >= 0.6 is 11.6 Å². The Balaban J connectivity index is 4.85. The first-order valence-electron chi connectivity index (χ1n) is 2.11. The number of rotatable bonds is 1. The molecule has 1 atom stereocenters. The Kier molecular flexibility index (Phi) is 2.10. The third kappa shape index (κ3) is 1.84. The van der Waals surface area contributed by atoms with E-state index < -0.39 is 14.0 Å². The van der Waals surface area contributed by atoms with E-state index in [4.69, 9.17) is 16.9 Å². The Morgan fingerprint density at radius 1 is 1.67 bits per heavy atom. The molecule has 0 saturated heterocycles. The predicted octanol–water partition coefficient (Wildman–Crippen LogP) is 0.510. The maximum absolute atomic E-state index is 10.5. The summed E-state index contributed by atoms with van der Waals surface area (Å²) in [5.41, 5.74) is 0. The second-order valence-corrected chi connectivity index (χ2v) is 5.14. The Morgan fingerprint density at radius 2 is 2.00 bits per heavy atom. The number of hydrogen-bond acceptors (Lipinski definition) is 3. The van der Waals surface area contributed by atoms with Crippen molar-refractivity contribution in [1.29, 1.82) is 5.26 Å². The van der Waals surface area contributed by atoms with Gasteiger partial charge in [-0.25, -0.2) is 8.42 Å². The zero-order valence-electron chi connectivity index (χ0n) is 5.05. The number of nitrogens with zero attached hydrogens (tertiary/aromatic N) is 1. The van der Waals surface area contributed by atoms with Gasteiger partial charge in [-0.05, 0) is 6.92 Å². The standard InChI is InChI=1S/C4H6ClNO2S/c1-4(5,3-6)9(2,7)8/h1-2H3. The molecule has 0 saturated carbocycles. The van der Waals surface area contributed by atoms with E-state index in [-0.39, 0.29) is 0 Å². The quantitative estimate of drug-likeness (QED) is 0.535. The van der Waals surface area contributed by atoms with E-state index in [2.05, 4.69) is 0 Å². The number of hydrogen-bond donors (Lipinski definition) is 0. The van der Waals surface area contributed by atoms with Crippen molar-refractivity contribution < 1.29 is 8.42 Å². The third-order valence-electron chi connectivity index (χ3n) is 0.896. The monoisotopic (exact) mass is 167 g/mol. The van der Waals surface area contributed by atoms with Crippen LogP contribution in [0.1, 0.15) is 6.92 Å². The molecule has 0 aliphatic carbocycles. The molecular weight excluding hydrogens is 162 g/mol. The van der Waals surface area contributed by atoms with Crippen molar-refractivity contribution >= 4 is 21.4 Å². The molecule has 5 heteroatoms. The van der Waals surface area contributed by atoms with E-state index >= 15 is 0 Å². The molecule has 0 aliphatic heterocycles. The molecule has 1 unspecified atom stereocenters. The zero-order chi connectivity index (χ0) is 7.71. The van der Waals surface area contributed by atoms with Gasteiger partial charge >= 0.3 is 0 Å². The molecule has 0 aromatic rings. The minimum atomic E-state index is -3.45. The average Bonchev–Trinajstić information content (AvgIpc) is 1.64. The second-order valence-electron chi connectivity index (χ2n) is 1.80. The Hall–Kier alpha value is -0.270. The Morgan fingerprint density at radius 3 is 2.00 bits per heavy atom. The van der Waals surface area contributed by atoms with Crippen molar-refractivity contribution in [2.75, 3.05) is 6.26 Å². The van der Waals surface area contributed by atoms with Crippen LogP contribution in [0.4, 0.5) is 0 Å². The van der Waals surface area contributed by atoms with Crippen LogP contribution in [0.2, 0.25) is 0 Å². The van der Waals surface area contributed by atoms with Crippen LogP contribution in [0.3, 0.4) is 0 Å². The van der Waals surface area contributed by atoms with Crippen molar-refractivity contribution in [3.05, 3.63) is 0 Å². The van der Waals surface area contributed by atoms with Crippen LogP contribution in [0.15, 0.2) is 0 Å². The summed E-state index contributed by atoms with van der Waals surface area (Å²) in [6.45, 7) is 1.14. The lowest BCUT2D eigenvalue weighted by atomic mass is 10.5. The van der Waals surface area contributed by atoms with Crippen molar-refractivity contribution in [3.8, 4) is 6.07 Å². The van der Waals surface area contributed by atoms with Gasteiger partial charge < -0.3 is 0 Å². The van der Waals surface area contributed by atoms with Gasteiger partial charge in [0.05, 0.1) is 0 Å². The van der Waals surface area contributed by atoms with Crippen LogP contribution in [0.5, 0.6) is 0 Å². The number of sulfone groups is 1. The molecule has 0 radical (unpaired) electrons. The summed E-state index contributed by atoms with van der Waals surface area (Å²) in [6, 6.07) is 1.46. The van der Waals surface area contributed by atoms with Crippen LogP contribution in [0.25, 0.3) is 0 Å². The van der Waals surface area contributed by atoms with E-state index in [0.717, 1.165) is 13.2 Å². The van der Waals surface area contributed by atoms with Gasteiger partial charge in [0, 0.05) is 6.26 Å². The van der Waals surface area contributed by atoms with Crippen molar-refractivity contribution in [1.82, 2.24) is 0 Å². The lowest BCUT2D eigenvalue weighted by molar-refractivity contribution is 0.593. The first-order chi connectivity index (χ1) is 3.81. The highest BCUT2D eigenvalue weighted by Crippen LogP contribution is 2.18. The minimum absolute atomic E-state index is 0.920. The molecule has 0 aromatic carbocycles. The number of alkyl halides is 1. The smallest absolute Gasteiger partial charge is 0.226 e. The molecule has 0 fully saturated rings. The molecule has 52 valence electrons. The highest BCUT2D eigenvalue weighted by Gasteiger charge is 2.32. The van der Waals surface area contributed by atoms with Gasteiger partial charge in [-0.3, -0.25) is 0 Å². The summed E-state index contributed by atoms with van der Waals surface area (Å²) in [4.78, 5) is 0. The van der Waals surface area contributed by atoms with Gasteiger partial charge in [0.25, 0.3) is 0 Å². The highest BCUT2D eigenvalue weighted by atomic mass is 35.5. The molecule has 9 heavy (non-hydrogen) atoms. The molecule has 3 nitrogen and oxygen atoms in total. The van der Waals surface area contributed by atoms with Crippen LogP contribution in [-0.2, 0) is 9.84 Å². The lowest BCUT2D eigenvalue weighted by Gasteiger charge is -2.07. The fourth-order valence-corrected chi connectivity index (χ4v) is 0.249. The van der Waals surface area contributed by atoms with Gasteiger partial charge in [0.1, 0.15) is 6.07 Å². The molecule has 0 aliphatic rings.